The fourth-order valence-electron chi connectivity index (χ4n) is 1.84. The van der Waals surface area contributed by atoms with Crippen molar-refractivity contribution in [2.75, 3.05) is 6.26 Å². The fraction of sp³-hybridized carbons (Fsp3) is 0.667. The van der Waals surface area contributed by atoms with Crippen molar-refractivity contribution in [3.63, 3.8) is 0 Å². The predicted molar refractivity (Wildman–Crippen MR) is 73.1 cm³/mol. The van der Waals surface area contributed by atoms with Crippen molar-refractivity contribution >= 4 is 29.0 Å². The normalized spacial score (nSPS) is 21.2. The van der Waals surface area contributed by atoms with Crippen LogP contribution >= 0.6 is 23.1 Å². The molecule has 1 atom stereocenters. The van der Waals surface area contributed by atoms with Gasteiger partial charge in [0.25, 0.3) is 0 Å². The van der Waals surface area contributed by atoms with E-state index in [2.05, 4.69) is 30.4 Å². The molecule has 1 N–H and O–H groups in total. The first-order valence-electron chi connectivity index (χ1n) is 5.73. The Hall–Kier alpha value is -0.550. The van der Waals surface area contributed by atoms with Gasteiger partial charge in [0.2, 0.25) is 5.91 Å². The van der Waals surface area contributed by atoms with Gasteiger partial charge in [0.05, 0.1) is 12.2 Å². The molecule has 0 aliphatic heterocycles. The molecule has 17 heavy (non-hydrogen) atoms. The quantitative estimate of drug-likeness (QED) is 0.894. The van der Waals surface area contributed by atoms with Gasteiger partial charge < -0.3 is 5.32 Å². The number of aromatic nitrogens is 1. The van der Waals surface area contributed by atoms with E-state index < -0.39 is 0 Å². The summed E-state index contributed by atoms with van der Waals surface area (Å²) in [4.78, 5) is 16.3. The SMILES string of the molecule is CSCc1nc(CNC(=O)[C@@H]2CC2(C)C)cs1. The van der Waals surface area contributed by atoms with Gasteiger partial charge in [0.15, 0.2) is 0 Å². The van der Waals surface area contributed by atoms with Crippen molar-refractivity contribution in [2.24, 2.45) is 11.3 Å². The molecule has 0 unspecified atom stereocenters. The molecule has 1 amide bonds. The van der Waals surface area contributed by atoms with E-state index in [1.165, 1.54) is 0 Å². The molecule has 0 radical (unpaired) electrons. The lowest BCUT2D eigenvalue weighted by Gasteiger charge is -2.04. The lowest BCUT2D eigenvalue weighted by atomic mass is 10.1. The van der Waals surface area contributed by atoms with Crippen molar-refractivity contribution in [3.05, 3.63) is 16.1 Å². The van der Waals surface area contributed by atoms with Gasteiger partial charge in [-0.1, -0.05) is 13.8 Å². The highest BCUT2D eigenvalue weighted by Gasteiger charge is 2.50. The van der Waals surface area contributed by atoms with Crippen LogP contribution < -0.4 is 5.32 Å². The zero-order chi connectivity index (χ0) is 12.5. The average Bonchev–Trinajstić information content (AvgIpc) is 2.72. The molecule has 94 valence electrons. The topological polar surface area (TPSA) is 42.0 Å². The number of hydrogen-bond acceptors (Lipinski definition) is 4. The third-order valence-corrected chi connectivity index (χ3v) is 4.78. The minimum absolute atomic E-state index is 0.175. The molecule has 1 aromatic rings. The Morgan fingerprint density at radius 2 is 2.41 bits per heavy atom. The summed E-state index contributed by atoms with van der Waals surface area (Å²) in [7, 11) is 0. The monoisotopic (exact) mass is 270 g/mol. The molecule has 2 rings (SSSR count). The molecule has 3 nitrogen and oxygen atoms in total. The maximum Gasteiger partial charge on any atom is 0.223 e. The average molecular weight is 270 g/mol. The van der Waals surface area contributed by atoms with E-state index in [4.69, 9.17) is 0 Å². The molecule has 1 fully saturated rings. The summed E-state index contributed by atoms with van der Waals surface area (Å²) in [6.45, 7) is 4.84. The molecular formula is C12H18N2OS2. The van der Waals surface area contributed by atoms with Crippen LogP contribution in [0.15, 0.2) is 5.38 Å². The number of amides is 1. The highest BCUT2D eigenvalue weighted by molar-refractivity contribution is 7.97. The van der Waals surface area contributed by atoms with Crippen LogP contribution in [0.4, 0.5) is 0 Å². The molecule has 0 spiro atoms. The summed E-state index contributed by atoms with van der Waals surface area (Å²) in [5.74, 6) is 1.33. The Morgan fingerprint density at radius 3 is 3.00 bits per heavy atom. The number of rotatable bonds is 5. The molecule has 1 saturated carbocycles. The van der Waals surface area contributed by atoms with Gasteiger partial charge in [-0.15, -0.1) is 11.3 Å². The second-order valence-corrected chi connectivity index (χ2v) is 6.94. The van der Waals surface area contributed by atoms with Crippen molar-refractivity contribution in [1.29, 1.82) is 0 Å². The van der Waals surface area contributed by atoms with Crippen LogP contribution in [0.3, 0.4) is 0 Å². The minimum atomic E-state index is 0.175. The Morgan fingerprint density at radius 1 is 1.71 bits per heavy atom. The van der Waals surface area contributed by atoms with Crippen LogP contribution in [0.2, 0.25) is 0 Å². The maximum atomic E-state index is 11.8. The lowest BCUT2D eigenvalue weighted by molar-refractivity contribution is -0.123. The number of nitrogens with zero attached hydrogens (tertiary/aromatic N) is 1. The van der Waals surface area contributed by atoms with E-state index in [0.29, 0.717) is 6.54 Å². The largest absolute Gasteiger partial charge is 0.350 e. The van der Waals surface area contributed by atoms with Crippen LogP contribution in [-0.4, -0.2) is 17.1 Å². The number of nitrogens with one attached hydrogen (secondary N) is 1. The lowest BCUT2D eigenvalue weighted by Crippen LogP contribution is -2.26. The first kappa shape index (κ1) is 12.9. The molecular weight excluding hydrogens is 252 g/mol. The smallest absolute Gasteiger partial charge is 0.223 e. The number of thioether (sulfide) groups is 1. The van der Waals surface area contributed by atoms with Gasteiger partial charge in [-0.2, -0.15) is 11.8 Å². The summed E-state index contributed by atoms with van der Waals surface area (Å²) in [5, 5.41) is 6.13. The summed E-state index contributed by atoms with van der Waals surface area (Å²) < 4.78 is 0. The van der Waals surface area contributed by atoms with Gasteiger partial charge in [-0.05, 0) is 18.1 Å². The Kier molecular flexibility index (Phi) is 3.78. The number of carbonyl (C=O) groups is 1. The summed E-state index contributed by atoms with van der Waals surface area (Å²) in [6.07, 6.45) is 3.08. The first-order valence-corrected chi connectivity index (χ1v) is 8.00. The zero-order valence-electron chi connectivity index (χ0n) is 10.4. The van der Waals surface area contributed by atoms with Crippen LogP contribution in [0.25, 0.3) is 0 Å². The van der Waals surface area contributed by atoms with Crippen molar-refractivity contribution in [2.45, 2.75) is 32.6 Å². The molecule has 1 aliphatic carbocycles. The van der Waals surface area contributed by atoms with E-state index in [-0.39, 0.29) is 17.2 Å². The maximum absolute atomic E-state index is 11.8. The highest BCUT2D eigenvalue weighted by Crippen LogP contribution is 2.51. The second-order valence-electron chi connectivity index (χ2n) is 5.13. The molecule has 5 heteroatoms. The van der Waals surface area contributed by atoms with Crippen LogP contribution in [-0.2, 0) is 17.1 Å². The minimum Gasteiger partial charge on any atom is -0.350 e. The molecule has 0 bridgehead atoms. The number of carbonyl (C=O) groups excluding carboxylic acids is 1. The zero-order valence-corrected chi connectivity index (χ0v) is 12.1. The van der Waals surface area contributed by atoms with Gasteiger partial charge in [0.1, 0.15) is 5.01 Å². The highest BCUT2D eigenvalue weighted by atomic mass is 32.2. The van der Waals surface area contributed by atoms with E-state index >= 15 is 0 Å². The van der Waals surface area contributed by atoms with E-state index in [1.54, 1.807) is 23.1 Å². The van der Waals surface area contributed by atoms with Crippen LogP contribution in [0.5, 0.6) is 0 Å². The molecule has 1 heterocycles. The number of hydrogen-bond donors (Lipinski definition) is 1. The third kappa shape index (κ3) is 3.22. The van der Waals surface area contributed by atoms with E-state index in [1.807, 2.05) is 5.38 Å². The van der Waals surface area contributed by atoms with Gasteiger partial charge >= 0.3 is 0 Å². The van der Waals surface area contributed by atoms with Crippen LogP contribution in [0, 0.1) is 11.3 Å². The standard InChI is InChI=1S/C12H18N2OS2/c1-12(2)4-9(12)11(15)13-5-8-6-17-10(14-8)7-16-3/h6,9H,4-5,7H2,1-3H3,(H,13,15)/t9-/m0/s1. The van der Waals surface area contributed by atoms with Crippen molar-refractivity contribution in [1.82, 2.24) is 10.3 Å². The predicted octanol–water partition coefficient (Wildman–Crippen LogP) is 2.67. The second kappa shape index (κ2) is 4.98. The Balaban J connectivity index is 1.79. The van der Waals surface area contributed by atoms with Gasteiger partial charge in [-0.25, -0.2) is 4.98 Å². The Labute approximate surface area is 110 Å². The molecule has 0 saturated heterocycles. The summed E-state index contributed by atoms with van der Waals surface area (Å²) >= 11 is 3.43. The molecule has 0 aromatic carbocycles. The third-order valence-electron chi connectivity index (χ3n) is 3.14. The van der Waals surface area contributed by atoms with Gasteiger partial charge in [0, 0.05) is 17.1 Å². The van der Waals surface area contributed by atoms with Gasteiger partial charge in [-0.3, -0.25) is 4.79 Å². The molecule has 1 aliphatic rings. The Bertz CT molecular complexity index is 414. The molecule has 1 aromatic heterocycles. The van der Waals surface area contributed by atoms with Crippen LogP contribution in [0.1, 0.15) is 31.0 Å². The fourth-order valence-corrected chi connectivity index (χ4v) is 3.35. The summed E-state index contributed by atoms with van der Waals surface area (Å²) in [6, 6.07) is 0. The van der Waals surface area contributed by atoms with E-state index in [0.717, 1.165) is 22.9 Å². The van der Waals surface area contributed by atoms with Crippen molar-refractivity contribution < 1.29 is 4.79 Å². The summed E-state index contributed by atoms with van der Waals surface area (Å²) in [5.41, 5.74) is 1.18. The van der Waals surface area contributed by atoms with Crippen molar-refractivity contribution in [3.8, 4) is 0 Å². The van der Waals surface area contributed by atoms with E-state index in [9.17, 15) is 4.79 Å². The first-order chi connectivity index (χ1) is 8.03. The number of thiazole rings is 1.